The number of nitrogens with zero attached hydrogens (tertiary/aromatic N) is 2. The second-order valence-corrected chi connectivity index (χ2v) is 4.89. The number of halogens is 1. The Labute approximate surface area is 112 Å². The number of amides is 1. The van der Waals surface area contributed by atoms with Gasteiger partial charge >= 0.3 is 0 Å². The molecule has 0 unspecified atom stereocenters. The van der Waals surface area contributed by atoms with Crippen LogP contribution in [-0.2, 0) is 4.74 Å². The highest BCUT2D eigenvalue weighted by molar-refractivity contribution is 6.32. The summed E-state index contributed by atoms with van der Waals surface area (Å²) in [5.74, 6) is 0.535. The van der Waals surface area contributed by atoms with Gasteiger partial charge in [-0.25, -0.2) is 4.98 Å². The Bertz CT molecular complexity index is 417. The van der Waals surface area contributed by atoms with E-state index in [0.29, 0.717) is 11.5 Å². The molecule has 0 aliphatic carbocycles. The number of pyridine rings is 1. The Morgan fingerprint density at radius 3 is 2.89 bits per heavy atom. The molecule has 1 aliphatic heterocycles. The molecular formula is C13H17ClN2O2. The largest absolute Gasteiger partial charge is 0.384 e. The van der Waals surface area contributed by atoms with E-state index in [9.17, 15) is 4.79 Å². The number of carbonyl (C=O) groups excluding carboxylic acids is 1. The molecule has 1 fully saturated rings. The van der Waals surface area contributed by atoms with Gasteiger partial charge in [0.1, 0.15) is 5.15 Å². The number of ether oxygens (including phenoxy) is 1. The van der Waals surface area contributed by atoms with Crippen molar-refractivity contribution < 1.29 is 9.53 Å². The molecule has 1 aromatic heterocycles. The van der Waals surface area contributed by atoms with Crippen molar-refractivity contribution in [1.29, 1.82) is 0 Å². The van der Waals surface area contributed by atoms with Crippen LogP contribution < -0.4 is 0 Å². The number of aromatic nitrogens is 1. The van der Waals surface area contributed by atoms with Gasteiger partial charge in [-0.2, -0.15) is 0 Å². The smallest absolute Gasteiger partial charge is 0.256 e. The first-order valence-electron chi connectivity index (χ1n) is 6.11. The van der Waals surface area contributed by atoms with E-state index in [0.717, 1.165) is 32.5 Å². The summed E-state index contributed by atoms with van der Waals surface area (Å²) >= 11 is 5.94. The number of methoxy groups -OCH3 is 1. The van der Waals surface area contributed by atoms with Crippen LogP contribution in [-0.4, -0.2) is 42.6 Å². The number of hydrogen-bond donors (Lipinski definition) is 0. The summed E-state index contributed by atoms with van der Waals surface area (Å²) in [6.45, 7) is 2.30. The molecule has 5 heteroatoms. The third kappa shape index (κ3) is 3.00. The number of carbonyl (C=O) groups is 1. The van der Waals surface area contributed by atoms with Crippen molar-refractivity contribution in [1.82, 2.24) is 9.88 Å². The molecule has 1 amide bonds. The monoisotopic (exact) mass is 268 g/mol. The Hall–Kier alpha value is -1.13. The molecule has 18 heavy (non-hydrogen) atoms. The summed E-state index contributed by atoms with van der Waals surface area (Å²) in [4.78, 5) is 18.0. The molecule has 1 aromatic rings. The zero-order valence-corrected chi connectivity index (χ0v) is 11.2. The molecule has 0 saturated carbocycles. The lowest BCUT2D eigenvalue weighted by Gasteiger charge is -2.31. The van der Waals surface area contributed by atoms with Crippen LogP contribution in [0.15, 0.2) is 18.3 Å². The summed E-state index contributed by atoms with van der Waals surface area (Å²) in [5.41, 5.74) is 0.490. The minimum absolute atomic E-state index is 0.0241. The topological polar surface area (TPSA) is 42.4 Å². The van der Waals surface area contributed by atoms with Gasteiger partial charge in [0.15, 0.2) is 0 Å². The summed E-state index contributed by atoms with van der Waals surface area (Å²) in [6.07, 6.45) is 3.55. The van der Waals surface area contributed by atoms with Crippen molar-refractivity contribution in [2.75, 3.05) is 26.8 Å². The molecule has 2 heterocycles. The van der Waals surface area contributed by atoms with E-state index in [1.807, 2.05) is 4.90 Å². The predicted molar refractivity (Wildman–Crippen MR) is 69.8 cm³/mol. The molecule has 1 saturated heterocycles. The standard InChI is InChI=1S/C13H17ClN2O2/c1-18-9-10-4-7-16(8-5-10)13(17)11-3-2-6-15-12(11)14/h2-3,6,10H,4-5,7-9H2,1H3. The first-order valence-corrected chi connectivity index (χ1v) is 6.49. The fourth-order valence-corrected chi connectivity index (χ4v) is 2.45. The van der Waals surface area contributed by atoms with Gasteiger partial charge in [0.25, 0.3) is 5.91 Å². The highest BCUT2D eigenvalue weighted by Crippen LogP contribution is 2.21. The molecule has 0 aromatic carbocycles. The Kier molecular flexibility index (Phi) is 4.55. The van der Waals surface area contributed by atoms with E-state index in [4.69, 9.17) is 16.3 Å². The molecule has 0 atom stereocenters. The maximum atomic E-state index is 12.3. The second kappa shape index (κ2) is 6.16. The molecular weight excluding hydrogens is 252 g/mol. The third-order valence-electron chi connectivity index (χ3n) is 3.29. The number of hydrogen-bond acceptors (Lipinski definition) is 3. The third-order valence-corrected chi connectivity index (χ3v) is 3.59. The number of rotatable bonds is 3. The van der Waals surface area contributed by atoms with Crippen LogP contribution in [0.25, 0.3) is 0 Å². The van der Waals surface area contributed by atoms with Crippen LogP contribution in [0.4, 0.5) is 0 Å². The fourth-order valence-electron chi connectivity index (χ4n) is 2.25. The van der Waals surface area contributed by atoms with Gasteiger partial charge in [-0.05, 0) is 30.9 Å². The van der Waals surface area contributed by atoms with Gasteiger partial charge in [-0.3, -0.25) is 4.79 Å². The lowest BCUT2D eigenvalue weighted by Crippen LogP contribution is -2.39. The van der Waals surface area contributed by atoms with Crippen LogP contribution in [0.2, 0.25) is 5.15 Å². The average molecular weight is 269 g/mol. The van der Waals surface area contributed by atoms with Gasteiger partial charge in [0, 0.05) is 33.0 Å². The first kappa shape index (κ1) is 13.3. The maximum absolute atomic E-state index is 12.3. The lowest BCUT2D eigenvalue weighted by atomic mass is 9.97. The zero-order chi connectivity index (χ0) is 13.0. The van der Waals surface area contributed by atoms with E-state index in [1.54, 1.807) is 25.4 Å². The SMILES string of the molecule is COCC1CCN(C(=O)c2cccnc2Cl)CC1. The first-order chi connectivity index (χ1) is 8.72. The van der Waals surface area contributed by atoms with Crippen molar-refractivity contribution in [3.05, 3.63) is 29.0 Å². The van der Waals surface area contributed by atoms with E-state index in [2.05, 4.69) is 4.98 Å². The van der Waals surface area contributed by atoms with Gasteiger partial charge in [-0.15, -0.1) is 0 Å². The van der Waals surface area contributed by atoms with E-state index < -0.39 is 0 Å². The van der Waals surface area contributed by atoms with Crippen LogP contribution >= 0.6 is 11.6 Å². The number of likely N-dealkylation sites (tertiary alicyclic amines) is 1. The van der Waals surface area contributed by atoms with Crippen molar-refractivity contribution >= 4 is 17.5 Å². The molecule has 2 rings (SSSR count). The Morgan fingerprint density at radius 1 is 1.56 bits per heavy atom. The molecule has 0 spiro atoms. The zero-order valence-electron chi connectivity index (χ0n) is 10.4. The fraction of sp³-hybridized carbons (Fsp3) is 0.538. The summed E-state index contributed by atoms with van der Waals surface area (Å²) < 4.78 is 5.15. The summed E-state index contributed by atoms with van der Waals surface area (Å²) in [7, 11) is 1.72. The average Bonchev–Trinajstić information content (AvgIpc) is 2.40. The molecule has 0 radical (unpaired) electrons. The Balaban J connectivity index is 1.98. The molecule has 4 nitrogen and oxygen atoms in total. The van der Waals surface area contributed by atoms with Crippen molar-refractivity contribution in [2.24, 2.45) is 5.92 Å². The van der Waals surface area contributed by atoms with Crippen LogP contribution in [0.3, 0.4) is 0 Å². The normalized spacial score (nSPS) is 16.9. The number of piperidine rings is 1. The van der Waals surface area contributed by atoms with Crippen molar-refractivity contribution in [3.63, 3.8) is 0 Å². The van der Waals surface area contributed by atoms with Gasteiger partial charge in [0.05, 0.1) is 5.56 Å². The highest BCUT2D eigenvalue weighted by atomic mass is 35.5. The highest BCUT2D eigenvalue weighted by Gasteiger charge is 2.24. The van der Waals surface area contributed by atoms with E-state index in [-0.39, 0.29) is 11.1 Å². The van der Waals surface area contributed by atoms with Gasteiger partial charge in [-0.1, -0.05) is 11.6 Å². The van der Waals surface area contributed by atoms with Crippen LogP contribution in [0, 0.1) is 5.92 Å². The van der Waals surface area contributed by atoms with Crippen LogP contribution in [0.5, 0.6) is 0 Å². The van der Waals surface area contributed by atoms with Crippen molar-refractivity contribution in [2.45, 2.75) is 12.8 Å². The molecule has 0 bridgehead atoms. The lowest BCUT2D eigenvalue weighted by molar-refractivity contribution is 0.0613. The minimum atomic E-state index is -0.0241. The van der Waals surface area contributed by atoms with Gasteiger partial charge in [0.2, 0.25) is 0 Å². The summed E-state index contributed by atoms with van der Waals surface area (Å²) in [5, 5.41) is 0.279. The van der Waals surface area contributed by atoms with Crippen molar-refractivity contribution in [3.8, 4) is 0 Å². The summed E-state index contributed by atoms with van der Waals surface area (Å²) in [6, 6.07) is 3.45. The van der Waals surface area contributed by atoms with E-state index in [1.165, 1.54) is 0 Å². The maximum Gasteiger partial charge on any atom is 0.256 e. The Morgan fingerprint density at radius 2 is 2.28 bits per heavy atom. The quantitative estimate of drug-likeness (QED) is 0.790. The molecule has 0 N–H and O–H groups in total. The molecule has 1 aliphatic rings. The second-order valence-electron chi connectivity index (χ2n) is 4.53. The minimum Gasteiger partial charge on any atom is -0.384 e. The van der Waals surface area contributed by atoms with Gasteiger partial charge < -0.3 is 9.64 Å². The molecule has 98 valence electrons. The van der Waals surface area contributed by atoms with Crippen LogP contribution in [0.1, 0.15) is 23.2 Å². The van der Waals surface area contributed by atoms with E-state index >= 15 is 0 Å². The predicted octanol–water partition coefficient (Wildman–Crippen LogP) is 2.23.